The Kier molecular flexibility index (Phi) is 4.98. The van der Waals surface area contributed by atoms with Gasteiger partial charge in [-0.25, -0.2) is 0 Å². The van der Waals surface area contributed by atoms with Gasteiger partial charge in [-0.05, 0) is 38.3 Å². The van der Waals surface area contributed by atoms with E-state index in [0.717, 1.165) is 6.42 Å². The average Bonchev–Trinajstić information content (AvgIpc) is 2.50. The quantitative estimate of drug-likeness (QED) is 0.827. The lowest BCUT2D eigenvalue weighted by Crippen LogP contribution is -2.14. The fraction of sp³-hybridized carbons (Fsp3) is 0.389. The van der Waals surface area contributed by atoms with Crippen molar-refractivity contribution in [3.63, 3.8) is 0 Å². The number of aryl methyl sites for hydroxylation is 2. The molecule has 0 spiro atoms. The van der Waals surface area contributed by atoms with Gasteiger partial charge in [-0.2, -0.15) is 0 Å². The van der Waals surface area contributed by atoms with Gasteiger partial charge in [0.2, 0.25) is 0 Å². The SMILES string of the molecule is CCCC(=O)CCc1c(C)oc2c(C=O)c(O)c(C)cc2c1=O. The van der Waals surface area contributed by atoms with Crippen LogP contribution in [0.15, 0.2) is 15.3 Å². The summed E-state index contributed by atoms with van der Waals surface area (Å²) in [5.41, 5.74) is 0.704. The number of hydrogen-bond donors (Lipinski definition) is 1. The minimum absolute atomic E-state index is 0.0196. The van der Waals surface area contributed by atoms with Gasteiger partial charge in [0.25, 0.3) is 0 Å². The Hall–Kier alpha value is -2.43. The van der Waals surface area contributed by atoms with Gasteiger partial charge in [0.1, 0.15) is 17.3 Å². The molecule has 0 atom stereocenters. The second-order valence-electron chi connectivity index (χ2n) is 5.70. The second-order valence-corrected chi connectivity index (χ2v) is 5.70. The normalized spacial score (nSPS) is 10.9. The zero-order valence-electron chi connectivity index (χ0n) is 13.6. The molecule has 0 aliphatic heterocycles. The van der Waals surface area contributed by atoms with Crippen molar-refractivity contribution < 1.29 is 19.1 Å². The molecule has 0 aliphatic rings. The minimum atomic E-state index is -0.251. The number of phenolic OH excluding ortho intramolecular Hbond substituents is 1. The third kappa shape index (κ3) is 3.18. The number of Topliss-reactive ketones (excluding diaryl/α,β-unsaturated/α-hetero) is 1. The van der Waals surface area contributed by atoms with E-state index in [1.165, 1.54) is 6.07 Å². The first-order chi connectivity index (χ1) is 10.9. The number of carbonyl (C=O) groups excluding carboxylic acids is 2. The third-order valence-electron chi connectivity index (χ3n) is 3.98. The number of benzene rings is 1. The first-order valence-corrected chi connectivity index (χ1v) is 7.66. The van der Waals surface area contributed by atoms with Gasteiger partial charge in [-0.1, -0.05) is 6.92 Å². The van der Waals surface area contributed by atoms with E-state index in [-0.39, 0.29) is 33.5 Å². The Morgan fingerprint density at radius 2 is 2.00 bits per heavy atom. The fourth-order valence-corrected chi connectivity index (χ4v) is 2.70. The maximum Gasteiger partial charge on any atom is 0.196 e. The van der Waals surface area contributed by atoms with Crippen LogP contribution in [0.4, 0.5) is 0 Å². The number of aromatic hydroxyl groups is 1. The number of phenols is 1. The zero-order chi connectivity index (χ0) is 17.1. The summed E-state index contributed by atoms with van der Waals surface area (Å²) < 4.78 is 5.62. The number of rotatable bonds is 6. The Morgan fingerprint density at radius 3 is 2.61 bits per heavy atom. The van der Waals surface area contributed by atoms with Crippen molar-refractivity contribution in [3.05, 3.63) is 38.7 Å². The molecule has 5 nitrogen and oxygen atoms in total. The molecule has 23 heavy (non-hydrogen) atoms. The van der Waals surface area contributed by atoms with Crippen LogP contribution < -0.4 is 5.43 Å². The van der Waals surface area contributed by atoms with Gasteiger partial charge in [0, 0.05) is 18.4 Å². The summed E-state index contributed by atoms with van der Waals surface area (Å²) in [5.74, 6) is 0.306. The van der Waals surface area contributed by atoms with Gasteiger partial charge in [0.05, 0.1) is 10.9 Å². The molecule has 0 unspecified atom stereocenters. The molecule has 1 heterocycles. The third-order valence-corrected chi connectivity index (χ3v) is 3.98. The van der Waals surface area contributed by atoms with Gasteiger partial charge in [-0.15, -0.1) is 0 Å². The highest BCUT2D eigenvalue weighted by Crippen LogP contribution is 2.29. The number of aldehydes is 1. The van der Waals surface area contributed by atoms with E-state index >= 15 is 0 Å². The highest BCUT2D eigenvalue weighted by atomic mass is 16.3. The lowest BCUT2D eigenvalue weighted by molar-refractivity contribution is -0.119. The van der Waals surface area contributed by atoms with Crippen LogP contribution in [0.1, 0.15) is 53.4 Å². The predicted molar refractivity (Wildman–Crippen MR) is 87.2 cm³/mol. The maximum atomic E-state index is 12.7. The summed E-state index contributed by atoms with van der Waals surface area (Å²) >= 11 is 0. The largest absolute Gasteiger partial charge is 0.507 e. The molecule has 0 aliphatic carbocycles. The Morgan fingerprint density at radius 1 is 1.30 bits per heavy atom. The smallest absolute Gasteiger partial charge is 0.196 e. The van der Waals surface area contributed by atoms with Crippen molar-refractivity contribution in [2.75, 3.05) is 0 Å². The first-order valence-electron chi connectivity index (χ1n) is 7.66. The molecule has 1 aromatic heterocycles. The Balaban J connectivity index is 2.57. The summed E-state index contributed by atoms with van der Waals surface area (Å²) in [5, 5.41) is 10.2. The molecule has 0 radical (unpaired) electrons. The van der Waals surface area contributed by atoms with Gasteiger partial charge in [0.15, 0.2) is 17.3 Å². The van der Waals surface area contributed by atoms with Gasteiger partial charge < -0.3 is 9.52 Å². The summed E-state index contributed by atoms with van der Waals surface area (Å²) in [4.78, 5) is 35.6. The summed E-state index contributed by atoms with van der Waals surface area (Å²) in [6.45, 7) is 5.18. The predicted octanol–water partition coefficient (Wildman–Crippen LogP) is 3.23. The van der Waals surface area contributed by atoms with E-state index in [4.69, 9.17) is 4.42 Å². The Bertz CT molecular complexity index is 830. The first kappa shape index (κ1) is 16.9. The van der Waals surface area contributed by atoms with Crippen LogP contribution in [0.3, 0.4) is 0 Å². The molecule has 0 amide bonds. The summed E-state index contributed by atoms with van der Waals surface area (Å²) in [7, 11) is 0. The number of carbonyl (C=O) groups is 2. The van der Waals surface area contributed by atoms with Gasteiger partial charge >= 0.3 is 0 Å². The van der Waals surface area contributed by atoms with Crippen LogP contribution in [0, 0.1) is 13.8 Å². The van der Waals surface area contributed by atoms with E-state index in [0.29, 0.717) is 42.4 Å². The molecular weight excluding hydrogens is 296 g/mol. The summed E-state index contributed by atoms with van der Waals surface area (Å²) in [6.07, 6.45) is 2.38. The van der Waals surface area contributed by atoms with Crippen molar-refractivity contribution >= 4 is 23.0 Å². The van der Waals surface area contributed by atoms with Crippen molar-refractivity contribution in [1.29, 1.82) is 0 Å². The Labute approximate surface area is 133 Å². The lowest BCUT2D eigenvalue weighted by Gasteiger charge is -2.10. The molecule has 1 aromatic carbocycles. The van der Waals surface area contributed by atoms with E-state index in [2.05, 4.69) is 0 Å². The molecule has 5 heteroatoms. The summed E-state index contributed by atoms with van der Waals surface area (Å²) in [6, 6.07) is 1.51. The van der Waals surface area contributed by atoms with Crippen LogP contribution in [-0.2, 0) is 11.2 Å². The highest BCUT2D eigenvalue weighted by Gasteiger charge is 2.18. The lowest BCUT2D eigenvalue weighted by atomic mass is 10.00. The highest BCUT2D eigenvalue weighted by molar-refractivity contribution is 5.98. The molecule has 0 fully saturated rings. The number of fused-ring (bicyclic) bond motifs is 1. The molecular formula is C18H20O5. The molecule has 0 saturated carbocycles. The van der Waals surface area contributed by atoms with Crippen LogP contribution >= 0.6 is 0 Å². The van der Waals surface area contributed by atoms with Crippen LogP contribution in [0.2, 0.25) is 0 Å². The van der Waals surface area contributed by atoms with Crippen molar-refractivity contribution in [2.45, 2.75) is 46.5 Å². The van der Waals surface area contributed by atoms with Crippen LogP contribution in [-0.4, -0.2) is 17.2 Å². The van der Waals surface area contributed by atoms with Crippen LogP contribution in [0.5, 0.6) is 5.75 Å². The second kappa shape index (κ2) is 6.77. The molecule has 2 aromatic rings. The number of ketones is 1. The van der Waals surface area contributed by atoms with E-state index in [1.54, 1.807) is 13.8 Å². The van der Waals surface area contributed by atoms with Gasteiger partial charge in [-0.3, -0.25) is 14.4 Å². The van der Waals surface area contributed by atoms with Crippen molar-refractivity contribution in [2.24, 2.45) is 0 Å². The standard InChI is InChI=1S/C18H20O5/c1-4-5-12(20)6-7-13-11(3)23-18-14(17(13)22)8-10(2)16(21)15(18)9-19/h8-9,21H,4-7H2,1-3H3. The van der Waals surface area contributed by atoms with Crippen LogP contribution in [0.25, 0.3) is 11.0 Å². The molecule has 0 saturated heterocycles. The number of hydrogen-bond acceptors (Lipinski definition) is 5. The fourth-order valence-electron chi connectivity index (χ4n) is 2.70. The topological polar surface area (TPSA) is 84.6 Å². The zero-order valence-corrected chi connectivity index (χ0v) is 13.6. The van der Waals surface area contributed by atoms with E-state index in [9.17, 15) is 19.5 Å². The minimum Gasteiger partial charge on any atom is -0.507 e. The maximum absolute atomic E-state index is 12.7. The molecule has 2 rings (SSSR count). The van der Waals surface area contributed by atoms with E-state index in [1.807, 2.05) is 6.92 Å². The average molecular weight is 316 g/mol. The molecule has 1 N–H and O–H groups in total. The van der Waals surface area contributed by atoms with Crippen molar-refractivity contribution in [3.8, 4) is 5.75 Å². The molecule has 122 valence electrons. The van der Waals surface area contributed by atoms with Crippen molar-refractivity contribution in [1.82, 2.24) is 0 Å². The molecule has 0 bridgehead atoms. The monoisotopic (exact) mass is 316 g/mol. The van der Waals surface area contributed by atoms with E-state index < -0.39 is 0 Å².